The molecule has 0 radical (unpaired) electrons. The molecule has 0 aliphatic carbocycles. The number of amides is 1. The van der Waals surface area contributed by atoms with E-state index in [1.165, 1.54) is 5.01 Å². The topological polar surface area (TPSA) is 51.1 Å². The third-order valence-corrected chi connectivity index (χ3v) is 4.32. The molecular formula is C18H13BrN2O3. The quantitative estimate of drug-likeness (QED) is 0.735. The number of anilines is 1. The summed E-state index contributed by atoms with van der Waals surface area (Å²) >= 11 is 3.41. The van der Waals surface area contributed by atoms with Gasteiger partial charge >= 0.3 is 0 Å². The number of ether oxygens (including phenoxy) is 2. The Labute approximate surface area is 147 Å². The number of nitrogens with zero attached hydrogens (tertiary/aromatic N) is 2. The molecule has 6 heteroatoms. The van der Waals surface area contributed by atoms with E-state index in [1.807, 2.05) is 55.5 Å². The molecule has 4 rings (SSSR count). The lowest BCUT2D eigenvalue weighted by molar-refractivity contribution is -0.114. The summed E-state index contributed by atoms with van der Waals surface area (Å²) < 4.78 is 11.6. The van der Waals surface area contributed by atoms with Crippen LogP contribution in [0.5, 0.6) is 11.5 Å². The largest absolute Gasteiger partial charge is 0.454 e. The number of hydrogen-bond acceptors (Lipinski definition) is 4. The van der Waals surface area contributed by atoms with Gasteiger partial charge in [0.15, 0.2) is 11.5 Å². The van der Waals surface area contributed by atoms with Crippen LogP contribution in [-0.4, -0.2) is 18.4 Å². The highest BCUT2D eigenvalue weighted by atomic mass is 79.9. The van der Waals surface area contributed by atoms with E-state index in [9.17, 15) is 4.79 Å². The Bertz CT molecular complexity index is 905. The molecular weight excluding hydrogens is 372 g/mol. The summed E-state index contributed by atoms with van der Waals surface area (Å²) in [4.78, 5) is 12.7. The van der Waals surface area contributed by atoms with E-state index in [1.54, 1.807) is 0 Å². The molecule has 2 aromatic carbocycles. The zero-order valence-corrected chi connectivity index (χ0v) is 14.4. The van der Waals surface area contributed by atoms with Gasteiger partial charge in [-0.15, -0.1) is 0 Å². The van der Waals surface area contributed by atoms with E-state index in [0.29, 0.717) is 17.0 Å². The maximum atomic E-state index is 12.7. The van der Waals surface area contributed by atoms with Crippen molar-refractivity contribution in [1.82, 2.24) is 0 Å². The number of rotatable bonds is 2. The highest BCUT2D eigenvalue weighted by molar-refractivity contribution is 9.10. The molecule has 2 aliphatic rings. The average molecular weight is 385 g/mol. The molecule has 0 bridgehead atoms. The van der Waals surface area contributed by atoms with Crippen LogP contribution < -0.4 is 14.5 Å². The van der Waals surface area contributed by atoms with Crippen molar-refractivity contribution in [2.45, 2.75) is 6.92 Å². The zero-order valence-electron chi connectivity index (χ0n) is 12.8. The second kappa shape index (κ2) is 5.79. The minimum atomic E-state index is -0.150. The number of carbonyl (C=O) groups is 1. The number of halogens is 1. The van der Waals surface area contributed by atoms with Gasteiger partial charge in [0, 0.05) is 4.47 Å². The highest BCUT2D eigenvalue weighted by Crippen LogP contribution is 2.34. The molecule has 2 aliphatic heterocycles. The molecule has 2 aromatic rings. The van der Waals surface area contributed by atoms with Crippen molar-refractivity contribution in [3.8, 4) is 11.5 Å². The highest BCUT2D eigenvalue weighted by Gasteiger charge is 2.29. The van der Waals surface area contributed by atoms with Gasteiger partial charge in [-0.3, -0.25) is 4.79 Å². The van der Waals surface area contributed by atoms with E-state index >= 15 is 0 Å². The molecule has 0 aromatic heterocycles. The molecule has 0 unspecified atom stereocenters. The number of hydrazone groups is 1. The molecule has 0 N–H and O–H groups in total. The van der Waals surface area contributed by atoms with Crippen LogP contribution in [0.3, 0.4) is 0 Å². The SMILES string of the molecule is CC1=NN(c2cccc(Br)c2)C(=O)/C1=C/c1ccc2c(c1)OCO2. The second-order valence-electron chi connectivity index (χ2n) is 5.45. The van der Waals surface area contributed by atoms with Crippen molar-refractivity contribution in [2.75, 3.05) is 11.8 Å². The summed E-state index contributed by atoms with van der Waals surface area (Å²) in [7, 11) is 0. The Morgan fingerprint density at radius 3 is 2.83 bits per heavy atom. The number of hydrogen-bond donors (Lipinski definition) is 0. The number of benzene rings is 2. The van der Waals surface area contributed by atoms with Crippen LogP contribution in [0, 0.1) is 0 Å². The summed E-state index contributed by atoms with van der Waals surface area (Å²) in [6, 6.07) is 13.1. The average Bonchev–Trinajstić information content (AvgIpc) is 3.14. The number of carbonyl (C=O) groups excluding carboxylic acids is 1. The van der Waals surface area contributed by atoms with E-state index < -0.39 is 0 Å². The van der Waals surface area contributed by atoms with E-state index in [0.717, 1.165) is 21.5 Å². The van der Waals surface area contributed by atoms with Gasteiger partial charge in [0.05, 0.1) is 17.0 Å². The predicted octanol–water partition coefficient (Wildman–Crippen LogP) is 3.98. The standard InChI is InChI=1S/C18H13BrN2O3/c1-11-15(7-12-5-6-16-17(8-12)24-10-23-16)18(22)21(20-11)14-4-2-3-13(19)9-14/h2-9H,10H2,1H3/b15-7+. The molecule has 5 nitrogen and oxygen atoms in total. The summed E-state index contributed by atoms with van der Waals surface area (Å²) in [5.74, 6) is 1.26. The van der Waals surface area contributed by atoms with Crippen LogP contribution in [0.1, 0.15) is 12.5 Å². The van der Waals surface area contributed by atoms with Crippen molar-refractivity contribution in [1.29, 1.82) is 0 Å². The monoisotopic (exact) mass is 384 g/mol. The molecule has 120 valence electrons. The molecule has 2 heterocycles. The van der Waals surface area contributed by atoms with Crippen molar-refractivity contribution >= 4 is 39.3 Å². The van der Waals surface area contributed by atoms with Crippen LogP contribution in [-0.2, 0) is 4.79 Å². The summed E-state index contributed by atoms with van der Waals surface area (Å²) in [6.07, 6.45) is 1.82. The molecule has 0 spiro atoms. The zero-order chi connectivity index (χ0) is 16.7. The van der Waals surface area contributed by atoms with Crippen molar-refractivity contribution in [3.63, 3.8) is 0 Å². The van der Waals surface area contributed by atoms with E-state index in [4.69, 9.17) is 9.47 Å². The van der Waals surface area contributed by atoms with Crippen LogP contribution in [0.2, 0.25) is 0 Å². The van der Waals surface area contributed by atoms with Crippen LogP contribution in [0.25, 0.3) is 6.08 Å². The van der Waals surface area contributed by atoms with Crippen molar-refractivity contribution in [2.24, 2.45) is 5.10 Å². The van der Waals surface area contributed by atoms with Gasteiger partial charge in [-0.2, -0.15) is 10.1 Å². The van der Waals surface area contributed by atoms with Crippen molar-refractivity contribution in [3.05, 3.63) is 58.1 Å². The summed E-state index contributed by atoms with van der Waals surface area (Å²) in [5.41, 5.74) is 2.84. The normalized spacial score (nSPS) is 17.6. The van der Waals surface area contributed by atoms with Crippen LogP contribution in [0.15, 0.2) is 57.6 Å². The lowest BCUT2D eigenvalue weighted by Crippen LogP contribution is -2.21. The Hall–Kier alpha value is -2.60. The van der Waals surface area contributed by atoms with Crippen LogP contribution >= 0.6 is 15.9 Å². The first kappa shape index (κ1) is 15.0. The van der Waals surface area contributed by atoms with Gasteiger partial charge in [0.25, 0.3) is 5.91 Å². The first-order chi connectivity index (χ1) is 11.6. The first-order valence-electron chi connectivity index (χ1n) is 7.39. The van der Waals surface area contributed by atoms with Gasteiger partial charge in [0.2, 0.25) is 6.79 Å². The van der Waals surface area contributed by atoms with Crippen molar-refractivity contribution < 1.29 is 14.3 Å². The fourth-order valence-corrected chi connectivity index (χ4v) is 3.02. The molecule has 24 heavy (non-hydrogen) atoms. The Balaban J connectivity index is 1.67. The molecule has 0 saturated carbocycles. The molecule has 0 atom stereocenters. The lowest BCUT2D eigenvalue weighted by Gasteiger charge is -2.11. The van der Waals surface area contributed by atoms with Gasteiger partial charge < -0.3 is 9.47 Å². The maximum absolute atomic E-state index is 12.7. The van der Waals surface area contributed by atoms with Crippen LogP contribution in [0.4, 0.5) is 5.69 Å². The van der Waals surface area contributed by atoms with E-state index in [-0.39, 0.29) is 12.7 Å². The third-order valence-electron chi connectivity index (χ3n) is 3.82. The second-order valence-corrected chi connectivity index (χ2v) is 6.37. The fraction of sp³-hybridized carbons (Fsp3) is 0.111. The molecule has 0 saturated heterocycles. The Morgan fingerprint density at radius 2 is 2.00 bits per heavy atom. The lowest BCUT2D eigenvalue weighted by atomic mass is 10.1. The van der Waals surface area contributed by atoms with E-state index in [2.05, 4.69) is 21.0 Å². The molecule has 1 amide bonds. The van der Waals surface area contributed by atoms with Gasteiger partial charge in [-0.25, -0.2) is 0 Å². The smallest absolute Gasteiger partial charge is 0.280 e. The predicted molar refractivity (Wildman–Crippen MR) is 95.3 cm³/mol. The van der Waals surface area contributed by atoms with Gasteiger partial charge in [-0.05, 0) is 48.9 Å². The first-order valence-corrected chi connectivity index (χ1v) is 8.18. The minimum absolute atomic E-state index is 0.150. The summed E-state index contributed by atoms with van der Waals surface area (Å²) in [6.45, 7) is 2.06. The summed E-state index contributed by atoms with van der Waals surface area (Å²) in [5, 5.41) is 5.80. The third kappa shape index (κ3) is 2.59. The van der Waals surface area contributed by atoms with Gasteiger partial charge in [-0.1, -0.05) is 28.1 Å². The fourth-order valence-electron chi connectivity index (χ4n) is 2.64. The molecule has 0 fully saturated rings. The Kier molecular flexibility index (Phi) is 3.61. The number of fused-ring (bicyclic) bond motifs is 1. The minimum Gasteiger partial charge on any atom is -0.454 e. The maximum Gasteiger partial charge on any atom is 0.280 e. The van der Waals surface area contributed by atoms with Gasteiger partial charge in [0.1, 0.15) is 0 Å². The Morgan fingerprint density at radius 1 is 1.17 bits per heavy atom.